The lowest BCUT2D eigenvalue weighted by molar-refractivity contribution is 0.102. The van der Waals surface area contributed by atoms with Crippen LogP contribution < -0.4 is 16.4 Å². The molecule has 0 atom stereocenters. The molecule has 0 aliphatic heterocycles. The largest absolute Gasteiger partial charge is 0.386 e. The van der Waals surface area contributed by atoms with E-state index in [0.29, 0.717) is 28.3 Å². The van der Waals surface area contributed by atoms with Crippen LogP contribution in [0.5, 0.6) is 0 Å². The minimum absolute atomic E-state index is 0.00679. The number of pyridine rings is 3. The fraction of sp³-hybridized carbons (Fsp3) is 0.0435. The zero-order valence-electron chi connectivity index (χ0n) is 16.9. The van der Waals surface area contributed by atoms with Crippen LogP contribution in [0.25, 0.3) is 22.4 Å². The molecule has 0 aliphatic carbocycles. The number of hydrogen-bond acceptors (Lipinski definition) is 6. The van der Waals surface area contributed by atoms with E-state index in [-0.39, 0.29) is 17.0 Å². The van der Waals surface area contributed by atoms with Crippen LogP contribution in [0.4, 0.5) is 26.0 Å². The molecular formula is C23H18F2N6O. The van der Waals surface area contributed by atoms with Crippen molar-refractivity contribution in [1.29, 1.82) is 0 Å². The van der Waals surface area contributed by atoms with Gasteiger partial charge in [0.25, 0.3) is 5.91 Å². The number of halogens is 2. The average molecular weight is 432 g/mol. The number of nitrogens with two attached hydrogens (primary N) is 1. The van der Waals surface area contributed by atoms with Gasteiger partial charge >= 0.3 is 0 Å². The first-order valence-electron chi connectivity index (χ1n) is 9.59. The quantitative estimate of drug-likeness (QED) is 0.433. The Morgan fingerprint density at radius 3 is 2.44 bits per heavy atom. The van der Waals surface area contributed by atoms with E-state index in [9.17, 15) is 13.6 Å². The first-order chi connectivity index (χ1) is 15.5. The molecule has 9 heteroatoms. The number of rotatable bonds is 5. The molecule has 4 N–H and O–H groups in total. The van der Waals surface area contributed by atoms with Crippen molar-refractivity contribution < 1.29 is 13.6 Å². The first kappa shape index (κ1) is 20.9. The van der Waals surface area contributed by atoms with Gasteiger partial charge in [0.15, 0.2) is 5.69 Å². The van der Waals surface area contributed by atoms with Gasteiger partial charge in [0.05, 0.1) is 28.8 Å². The molecule has 0 saturated carbocycles. The highest BCUT2D eigenvalue weighted by molar-refractivity contribution is 6.08. The van der Waals surface area contributed by atoms with E-state index in [4.69, 9.17) is 5.73 Å². The lowest BCUT2D eigenvalue weighted by Crippen LogP contribution is -2.17. The predicted octanol–water partition coefficient (Wildman–Crippen LogP) is 4.36. The molecule has 0 radical (unpaired) electrons. The van der Waals surface area contributed by atoms with Crippen molar-refractivity contribution in [2.24, 2.45) is 0 Å². The van der Waals surface area contributed by atoms with E-state index in [1.807, 2.05) is 0 Å². The lowest BCUT2D eigenvalue weighted by atomic mass is 10.1. The minimum atomic E-state index is -0.775. The standard InChI is InChI=1S/C23H18F2N6O/c1-27-18-8-7-17(20-15(24)5-2-6-16(20)25)30-21(18)23(32)31-19-12-28-11-9-13(19)14-4-3-10-29-22(14)26/h2-12,27H,1H3,(H2,26,29)(H,31,32). The van der Waals surface area contributed by atoms with E-state index in [2.05, 4.69) is 25.6 Å². The molecule has 0 unspecified atom stereocenters. The summed E-state index contributed by atoms with van der Waals surface area (Å²) in [5.41, 5.74) is 7.62. The summed E-state index contributed by atoms with van der Waals surface area (Å²) in [6, 6.07) is 11.7. The SMILES string of the molecule is CNc1ccc(-c2c(F)cccc2F)nc1C(=O)Nc1cnccc1-c1cccnc1N. The first-order valence-corrected chi connectivity index (χ1v) is 9.59. The van der Waals surface area contributed by atoms with Crippen LogP contribution in [0.1, 0.15) is 10.5 Å². The van der Waals surface area contributed by atoms with E-state index >= 15 is 0 Å². The van der Waals surface area contributed by atoms with Crippen LogP contribution in [0.2, 0.25) is 0 Å². The second kappa shape index (κ2) is 8.76. The third-order valence-electron chi connectivity index (χ3n) is 4.80. The number of nitrogen functional groups attached to an aromatic ring is 1. The Morgan fingerprint density at radius 1 is 0.938 bits per heavy atom. The van der Waals surface area contributed by atoms with Crippen LogP contribution in [0.3, 0.4) is 0 Å². The van der Waals surface area contributed by atoms with E-state index in [1.165, 1.54) is 24.4 Å². The molecule has 0 bridgehead atoms. The zero-order chi connectivity index (χ0) is 22.7. The maximum absolute atomic E-state index is 14.3. The van der Waals surface area contributed by atoms with Gasteiger partial charge in [-0.3, -0.25) is 9.78 Å². The number of nitrogens with one attached hydrogen (secondary N) is 2. The normalized spacial score (nSPS) is 10.6. The van der Waals surface area contributed by atoms with Gasteiger partial charge in [0, 0.05) is 30.6 Å². The third kappa shape index (κ3) is 3.95. The van der Waals surface area contributed by atoms with Crippen molar-refractivity contribution in [1.82, 2.24) is 15.0 Å². The monoisotopic (exact) mass is 432 g/mol. The van der Waals surface area contributed by atoms with Crippen LogP contribution >= 0.6 is 0 Å². The van der Waals surface area contributed by atoms with Crippen molar-refractivity contribution in [3.05, 3.63) is 84.4 Å². The number of carbonyl (C=O) groups is 1. The Kier molecular flexibility index (Phi) is 5.71. The molecule has 3 aromatic heterocycles. The Labute approximate surface area is 182 Å². The summed E-state index contributed by atoms with van der Waals surface area (Å²) in [7, 11) is 1.61. The zero-order valence-corrected chi connectivity index (χ0v) is 16.9. The molecule has 160 valence electrons. The maximum atomic E-state index is 14.3. The number of benzene rings is 1. The van der Waals surface area contributed by atoms with Gasteiger partial charge in [-0.2, -0.15) is 0 Å². The fourth-order valence-electron chi connectivity index (χ4n) is 3.27. The van der Waals surface area contributed by atoms with Crippen molar-refractivity contribution >= 4 is 23.1 Å². The molecule has 32 heavy (non-hydrogen) atoms. The molecular weight excluding hydrogens is 414 g/mol. The molecule has 0 aliphatic rings. The molecule has 4 aromatic rings. The van der Waals surface area contributed by atoms with Crippen molar-refractivity contribution in [2.45, 2.75) is 0 Å². The van der Waals surface area contributed by atoms with Crippen LogP contribution in [-0.4, -0.2) is 27.9 Å². The molecule has 1 amide bonds. The number of aromatic nitrogens is 3. The Bertz CT molecular complexity index is 1290. The topological polar surface area (TPSA) is 106 Å². The number of carbonyl (C=O) groups excluding carboxylic acids is 1. The number of nitrogens with zero attached hydrogens (tertiary/aromatic N) is 3. The fourth-order valence-corrected chi connectivity index (χ4v) is 3.27. The van der Waals surface area contributed by atoms with E-state index in [1.54, 1.807) is 37.6 Å². The van der Waals surface area contributed by atoms with E-state index in [0.717, 1.165) is 12.1 Å². The number of hydrogen-bond donors (Lipinski definition) is 3. The molecule has 0 spiro atoms. The van der Waals surface area contributed by atoms with Gasteiger partial charge in [-0.1, -0.05) is 6.07 Å². The molecule has 7 nitrogen and oxygen atoms in total. The second-order valence-electron chi connectivity index (χ2n) is 6.75. The Balaban J connectivity index is 1.75. The highest BCUT2D eigenvalue weighted by Gasteiger charge is 2.20. The predicted molar refractivity (Wildman–Crippen MR) is 119 cm³/mol. The van der Waals surface area contributed by atoms with Gasteiger partial charge in [-0.25, -0.2) is 18.7 Å². The summed E-state index contributed by atoms with van der Waals surface area (Å²) in [6.07, 6.45) is 4.60. The summed E-state index contributed by atoms with van der Waals surface area (Å²) in [5, 5.41) is 5.63. The van der Waals surface area contributed by atoms with Gasteiger partial charge < -0.3 is 16.4 Å². The van der Waals surface area contributed by atoms with Crippen LogP contribution in [0, 0.1) is 11.6 Å². The highest BCUT2D eigenvalue weighted by atomic mass is 19.1. The van der Waals surface area contributed by atoms with Gasteiger partial charge in [-0.05, 0) is 42.5 Å². The lowest BCUT2D eigenvalue weighted by Gasteiger charge is -2.14. The molecule has 0 saturated heterocycles. The third-order valence-corrected chi connectivity index (χ3v) is 4.80. The van der Waals surface area contributed by atoms with E-state index < -0.39 is 17.5 Å². The summed E-state index contributed by atoms with van der Waals surface area (Å²) >= 11 is 0. The summed E-state index contributed by atoms with van der Waals surface area (Å²) in [6.45, 7) is 0. The molecule has 3 heterocycles. The molecule has 4 rings (SSSR count). The van der Waals surface area contributed by atoms with Gasteiger partial charge in [0.2, 0.25) is 0 Å². The van der Waals surface area contributed by atoms with Crippen molar-refractivity contribution in [3.63, 3.8) is 0 Å². The summed E-state index contributed by atoms with van der Waals surface area (Å²) in [4.78, 5) is 25.5. The second-order valence-corrected chi connectivity index (χ2v) is 6.75. The van der Waals surface area contributed by atoms with Crippen molar-refractivity contribution in [3.8, 4) is 22.4 Å². The minimum Gasteiger partial charge on any atom is -0.386 e. The maximum Gasteiger partial charge on any atom is 0.276 e. The Morgan fingerprint density at radius 2 is 1.72 bits per heavy atom. The van der Waals surface area contributed by atoms with Gasteiger partial charge in [0.1, 0.15) is 17.5 Å². The highest BCUT2D eigenvalue weighted by Crippen LogP contribution is 2.31. The summed E-state index contributed by atoms with van der Waals surface area (Å²) < 4.78 is 28.5. The number of anilines is 3. The summed E-state index contributed by atoms with van der Waals surface area (Å²) in [5.74, 6) is -1.85. The Hall–Kier alpha value is -4.40. The average Bonchev–Trinajstić information content (AvgIpc) is 2.80. The van der Waals surface area contributed by atoms with Crippen LogP contribution in [0.15, 0.2) is 67.1 Å². The van der Waals surface area contributed by atoms with Gasteiger partial charge in [-0.15, -0.1) is 0 Å². The smallest absolute Gasteiger partial charge is 0.276 e. The van der Waals surface area contributed by atoms with Crippen molar-refractivity contribution in [2.75, 3.05) is 23.4 Å². The molecule has 1 aromatic carbocycles. The van der Waals surface area contributed by atoms with Crippen LogP contribution in [-0.2, 0) is 0 Å². The number of amides is 1. The molecule has 0 fully saturated rings.